The molecule has 1 aromatic heterocycles. The number of likely N-dealkylation sites (tertiary alicyclic amines) is 1. The van der Waals surface area contributed by atoms with Crippen molar-refractivity contribution < 1.29 is 26.4 Å². The van der Waals surface area contributed by atoms with Crippen LogP contribution in [-0.4, -0.2) is 42.8 Å². The van der Waals surface area contributed by atoms with Gasteiger partial charge in [-0.3, -0.25) is 4.79 Å². The fraction of sp³-hybridized carbons (Fsp3) is 0.368. The molecule has 0 unspecified atom stereocenters. The van der Waals surface area contributed by atoms with Gasteiger partial charge in [-0.1, -0.05) is 30.3 Å². The lowest BCUT2D eigenvalue weighted by Gasteiger charge is -2.32. The first-order valence-corrected chi connectivity index (χ1v) is 10.3. The molecule has 3 rings (SSSR count). The van der Waals surface area contributed by atoms with E-state index in [4.69, 9.17) is 0 Å². The van der Waals surface area contributed by atoms with E-state index in [-0.39, 0.29) is 0 Å². The van der Waals surface area contributed by atoms with E-state index in [1.807, 2.05) is 30.3 Å². The minimum absolute atomic E-state index is 0.358. The highest BCUT2D eigenvalue weighted by atomic mass is 32.2. The first-order chi connectivity index (χ1) is 13.2. The molecule has 0 aliphatic carbocycles. The van der Waals surface area contributed by atoms with Crippen LogP contribution in [-0.2, 0) is 16.3 Å². The first kappa shape index (κ1) is 20.3. The molecule has 5 nitrogen and oxygen atoms in total. The van der Waals surface area contributed by atoms with E-state index in [0.29, 0.717) is 31.8 Å². The summed E-state index contributed by atoms with van der Waals surface area (Å²) in [6, 6.07) is 12.2. The van der Waals surface area contributed by atoms with E-state index in [0.717, 1.165) is 18.7 Å². The summed E-state index contributed by atoms with van der Waals surface area (Å²) in [7, 11) is -5.70. The Morgan fingerprint density at radius 3 is 2.32 bits per heavy atom. The van der Waals surface area contributed by atoms with E-state index in [1.165, 1.54) is 16.5 Å². The van der Waals surface area contributed by atoms with Crippen molar-refractivity contribution >= 4 is 15.7 Å². The van der Waals surface area contributed by atoms with Gasteiger partial charge in [0.15, 0.2) is 5.03 Å². The van der Waals surface area contributed by atoms with Gasteiger partial charge in [-0.2, -0.15) is 13.2 Å². The zero-order valence-electron chi connectivity index (χ0n) is 14.9. The zero-order valence-corrected chi connectivity index (χ0v) is 15.7. The van der Waals surface area contributed by atoms with E-state index in [1.54, 1.807) is 0 Å². The normalized spacial score (nSPS) is 16.2. The predicted molar refractivity (Wildman–Crippen MR) is 96.3 cm³/mol. The molecule has 0 radical (unpaired) electrons. The third kappa shape index (κ3) is 4.19. The summed E-state index contributed by atoms with van der Waals surface area (Å²) in [5.41, 5.74) is -4.86. The maximum Gasteiger partial charge on any atom is 0.503 e. The molecule has 2 aromatic rings. The quantitative estimate of drug-likeness (QED) is 0.771. The molecule has 1 amide bonds. The molecular weight excluding hydrogens is 393 g/mol. The molecule has 0 atom stereocenters. The van der Waals surface area contributed by atoms with Gasteiger partial charge in [-0.15, -0.1) is 0 Å². The number of halogens is 3. The lowest BCUT2D eigenvalue weighted by Crippen LogP contribution is -2.40. The smallest absolute Gasteiger partial charge is 0.339 e. The molecule has 28 heavy (non-hydrogen) atoms. The number of sulfone groups is 1. The summed E-state index contributed by atoms with van der Waals surface area (Å²) < 4.78 is 62.2. The maximum atomic E-state index is 12.9. The van der Waals surface area contributed by atoms with Crippen LogP contribution in [0, 0.1) is 5.92 Å². The number of amides is 1. The number of nitrogens with zero attached hydrogens (tertiary/aromatic N) is 2. The van der Waals surface area contributed by atoms with E-state index < -0.39 is 31.8 Å². The highest BCUT2D eigenvalue weighted by Gasteiger charge is 2.49. The SMILES string of the molecule is O=C(c1cccnc1S(=O)(=O)C(F)(F)F)N1CCC(Cc2ccccc2)CC1. The molecule has 1 saturated heterocycles. The molecule has 150 valence electrons. The first-order valence-electron chi connectivity index (χ1n) is 8.79. The van der Waals surface area contributed by atoms with Gasteiger partial charge in [0.1, 0.15) is 0 Å². The monoisotopic (exact) mass is 412 g/mol. The van der Waals surface area contributed by atoms with Crippen molar-refractivity contribution in [3.05, 3.63) is 59.8 Å². The summed E-state index contributed by atoms with van der Waals surface area (Å²) in [4.78, 5) is 17.5. The number of carbonyl (C=O) groups excluding carboxylic acids is 1. The molecule has 1 aromatic carbocycles. The molecule has 0 bridgehead atoms. The Kier molecular flexibility index (Phi) is 5.74. The van der Waals surface area contributed by atoms with Gasteiger partial charge in [0.2, 0.25) is 0 Å². The van der Waals surface area contributed by atoms with Crippen LogP contribution in [0.1, 0.15) is 28.8 Å². The van der Waals surface area contributed by atoms with E-state index >= 15 is 0 Å². The van der Waals surface area contributed by atoms with Gasteiger partial charge in [-0.25, -0.2) is 13.4 Å². The van der Waals surface area contributed by atoms with Crippen molar-refractivity contribution in [2.24, 2.45) is 5.92 Å². The maximum absolute atomic E-state index is 12.9. The fourth-order valence-electron chi connectivity index (χ4n) is 3.34. The molecule has 9 heteroatoms. The Hall–Kier alpha value is -2.42. The van der Waals surface area contributed by atoms with Gasteiger partial charge < -0.3 is 4.90 Å². The number of carbonyl (C=O) groups is 1. The van der Waals surface area contributed by atoms with Crippen molar-refractivity contribution in [3.63, 3.8) is 0 Å². The summed E-state index contributed by atoms with van der Waals surface area (Å²) >= 11 is 0. The molecule has 0 N–H and O–H groups in total. The summed E-state index contributed by atoms with van der Waals surface area (Å²) in [6.07, 6.45) is 3.19. The van der Waals surface area contributed by atoms with Crippen LogP contribution >= 0.6 is 0 Å². The molecule has 1 fully saturated rings. The van der Waals surface area contributed by atoms with Crippen molar-refractivity contribution in [2.75, 3.05) is 13.1 Å². The van der Waals surface area contributed by atoms with Gasteiger partial charge in [-0.05, 0) is 42.9 Å². The predicted octanol–water partition coefficient (Wildman–Crippen LogP) is 3.47. The molecule has 2 heterocycles. The molecular formula is C19H19F3N2O3S. The summed E-state index contributed by atoms with van der Waals surface area (Å²) in [5, 5.41) is -1.24. The van der Waals surface area contributed by atoms with Crippen LogP contribution in [0.4, 0.5) is 13.2 Å². The second kappa shape index (κ2) is 7.90. The minimum atomic E-state index is -5.70. The average molecular weight is 412 g/mol. The van der Waals surface area contributed by atoms with Crippen LogP contribution in [0.3, 0.4) is 0 Å². The third-order valence-electron chi connectivity index (χ3n) is 4.83. The Morgan fingerprint density at radius 1 is 1.07 bits per heavy atom. The van der Waals surface area contributed by atoms with Gasteiger partial charge in [0.05, 0.1) is 5.56 Å². The topological polar surface area (TPSA) is 67.3 Å². The highest BCUT2D eigenvalue weighted by Crippen LogP contribution is 2.32. The van der Waals surface area contributed by atoms with Gasteiger partial charge in [0, 0.05) is 19.3 Å². The number of piperidine rings is 1. The minimum Gasteiger partial charge on any atom is -0.339 e. The Bertz CT molecular complexity index is 938. The molecule has 1 aliphatic rings. The van der Waals surface area contributed by atoms with Crippen LogP contribution in [0.2, 0.25) is 0 Å². The standard InChI is InChI=1S/C19H19F3N2O3S/c20-19(21,22)28(26,27)17-16(7-4-10-23-17)18(25)24-11-8-15(9-12-24)13-14-5-2-1-3-6-14/h1-7,10,15H,8-9,11-13H2. The second-order valence-corrected chi connectivity index (χ2v) is 8.59. The Morgan fingerprint density at radius 2 is 1.71 bits per heavy atom. The van der Waals surface area contributed by atoms with Crippen LogP contribution < -0.4 is 0 Å². The van der Waals surface area contributed by atoms with Crippen LogP contribution in [0.15, 0.2) is 53.7 Å². The fourth-order valence-corrected chi connectivity index (χ4v) is 4.20. The number of rotatable bonds is 4. The number of hydrogen-bond donors (Lipinski definition) is 0. The number of pyridine rings is 1. The lowest BCUT2D eigenvalue weighted by atomic mass is 9.90. The number of hydrogen-bond acceptors (Lipinski definition) is 4. The average Bonchev–Trinajstić information content (AvgIpc) is 2.68. The molecule has 1 aliphatic heterocycles. The highest BCUT2D eigenvalue weighted by molar-refractivity contribution is 7.92. The van der Waals surface area contributed by atoms with Crippen molar-refractivity contribution in [1.29, 1.82) is 0 Å². The number of aromatic nitrogens is 1. The zero-order chi connectivity index (χ0) is 20.4. The summed E-state index contributed by atoms with van der Waals surface area (Å²) in [5.74, 6) is -0.382. The van der Waals surface area contributed by atoms with E-state index in [9.17, 15) is 26.4 Å². The van der Waals surface area contributed by atoms with Gasteiger partial charge in [0.25, 0.3) is 15.7 Å². The van der Waals surface area contributed by atoms with Crippen molar-refractivity contribution in [2.45, 2.75) is 29.8 Å². The number of benzene rings is 1. The third-order valence-corrected chi connectivity index (χ3v) is 6.27. The summed E-state index contributed by atoms with van der Waals surface area (Å²) in [6.45, 7) is 0.716. The van der Waals surface area contributed by atoms with Crippen LogP contribution in [0.25, 0.3) is 0 Å². The lowest BCUT2D eigenvalue weighted by molar-refractivity contribution is -0.0438. The van der Waals surface area contributed by atoms with Gasteiger partial charge >= 0.3 is 5.51 Å². The second-order valence-electron chi connectivity index (χ2n) is 6.73. The molecule has 0 spiro atoms. The molecule has 0 saturated carbocycles. The Labute approximate surface area is 161 Å². The largest absolute Gasteiger partial charge is 0.503 e. The van der Waals surface area contributed by atoms with Crippen molar-refractivity contribution in [1.82, 2.24) is 9.88 Å². The Balaban J connectivity index is 1.73. The van der Waals surface area contributed by atoms with Crippen LogP contribution in [0.5, 0.6) is 0 Å². The number of alkyl halides is 3. The van der Waals surface area contributed by atoms with Crippen molar-refractivity contribution in [3.8, 4) is 0 Å². The van der Waals surface area contributed by atoms with E-state index in [2.05, 4.69) is 4.98 Å².